The van der Waals surface area contributed by atoms with Crippen LogP contribution in [0.4, 0.5) is 0 Å². The van der Waals surface area contributed by atoms with Crippen LogP contribution in [0.1, 0.15) is 30.4 Å². The SMILES string of the molecule is COc1ccccc1CNC(=O)[C@@H]1C[C@H](CN2CCCC2)CN(Cc2ccc(O)cc2)C1. The molecule has 1 amide bonds. The highest BCUT2D eigenvalue weighted by Crippen LogP contribution is 2.26. The number of aromatic hydroxyl groups is 1. The van der Waals surface area contributed by atoms with Crippen LogP contribution in [0.5, 0.6) is 11.5 Å². The summed E-state index contributed by atoms with van der Waals surface area (Å²) in [6, 6.07) is 15.2. The maximum absolute atomic E-state index is 13.2. The fourth-order valence-electron chi connectivity index (χ4n) is 5.12. The third-order valence-electron chi connectivity index (χ3n) is 6.69. The molecule has 6 nitrogen and oxygen atoms in total. The van der Waals surface area contributed by atoms with Gasteiger partial charge >= 0.3 is 0 Å². The van der Waals surface area contributed by atoms with Gasteiger partial charge in [-0.05, 0) is 62.0 Å². The average molecular weight is 438 g/mol. The van der Waals surface area contributed by atoms with E-state index in [4.69, 9.17) is 4.74 Å². The molecule has 2 aromatic rings. The maximum atomic E-state index is 13.2. The number of hydrogen-bond acceptors (Lipinski definition) is 5. The van der Waals surface area contributed by atoms with Gasteiger partial charge in [-0.2, -0.15) is 0 Å². The van der Waals surface area contributed by atoms with E-state index in [0.717, 1.165) is 49.5 Å². The Morgan fingerprint density at radius 3 is 2.56 bits per heavy atom. The molecule has 0 radical (unpaired) electrons. The van der Waals surface area contributed by atoms with Gasteiger partial charge in [0, 0.05) is 38.3 Å². The van der Waals surface area contributed by atoms with Gasteiger partial charge in [0.15, 0.2) is 0 Å². The van der Waals surface area contributed by atoms with E-state index in [0.29, 0.717) is 12.5 Å². The second-order valence-corrected chi connectivity index (χ2v) is 9.20. The molecule has 0 saturated carbocycles. The predicted molar refractivity (Wildman–Crippen MR) is 125 cm³/mol. The quantitative estimate of drug-likeness (QED) is 0.664. The summed E-state index contributed by atoms with van der Waals surface area (Å²) in [7, 11) is 1.66. The van der Waals surface area contributed by atoms with E-state index >= 15 is 0 Å². The van der Waals surface area contributed by atoms with Crippen molar-refractivity contribution in [2.24, 2.45) is 11.8 Å². The van der Waals surface area contributed by atoms with Crippen LogP contribution in [-0.2, 0) is 17.9 Å². The standard InChI is InChI=1S/C26H35N3O3/c1-32-25-7-3-2-6-22(25)15-27-26(31)23-14-21(17-28-12-4-5-13-28)18-29(19-23)16-20-8-10-24(30)11-9-20/h2-3,6-11,21,23,30H,4-5,12-19H2,1H3,(H,27,31)/t21-,23-/m1/s1. The summed E-state index contributed by atoms with van der Waals surface area (Å²) in [5, 5.41) is 12.7. The lowest BCUT2D eigenvalue weighted by Gasteiger charge is -2.38. The molecule has 2 heterocycles. The van der Waals surface area contributed by atoms with Crippen molar-refractivity contribution in [3.8, 4) is 11.5 Å². The number of nitrogens with one attached hydrogen (secondary N) is 1. The minimum Gasteiger partial charge on any atom is -0.508 e. The fraction of sp³-hybridized carbons (Fsp3) is 0.500. The number of carbonyl (C=O) groups is 1. The minimum absolute atomic E-state index is 0.0248. The first-order valence-electron chi connectivity index (χ1n) is 11.7. The molecule has 0 aromatic heterocycles. The number of phenols is 1. The number of likely N-dealkylation sites (tertiary alicyclic amines) is 2. The van der Waals surface area contributed by atoms with Crippen LogP contribution in [0.3, 0.4) is 0 Å². The molecule has 2 saturated heterocycles. The number of carbonyl (C=O) groups excluding carboxylic acids is 1. The molecule has 2 N–H and O–H groups in total. The van der Waals surface area contributed by atoms with E-state index < -0.39 is 0 Å². The Bertz CT molecular complexity index is 880. The Labute approximate surface area is 191 Å². The summed E-state index contributed by atoms with van der Waals surface area (Å²) in [6.07, 6.45) is 3.50. The molecule has 2 atom stereocenters. The van der Waals surface area contributed by atoms with Crippen LogP contribution in [0.2, 0.25) is 0 Å². The summed E-state index contributed by atoms with van der Waals surface area (Å²) >= 11 is 0. The van der Waals surface area contributed by atoms with Gasteiger partial charge in [-0.3, -0.25) is 9.69 Å². The molecular formula is C26H35N3O3. The van der Waals surface area contributed by atoms with Gasteiger partial charge in [-0.25, -0.2) is 0 Å². The van der Waals surface area contributed by atoms with E-state index in [1.807, 2.05) is 36.4 Å². The Morgan fingerprint density at radius 1 is 1.06 bits per heavy atom. The highest BCUT2D eigenvalue weighted by Gasteiger charge is 2.33. The van der Waals surface area contributed by atoms with E-state index in [1.165, 1.54) is 25.9 Å². The van der Waals surface area contributed by atoms with Gasteiger partial charge < -0.3 is 20.1 Å². The van der Waals surface area contributed by atoms with Crippen molar-refractivity contribution in [3.05, 3.63) is 59.7 Å². The molecule has 0 aliphatic carbocycles. The number of benzene rings is 2. The van der Waals surface area contributed by atoms with E-state index in [1.54, 1.807) is 19.2 Å². The molecule has 2 aliphatic rings. The van der Waals surface area contributed by atoms with Crippen molar-refractivity contribution in [1.29, 1.82) is 0 Å². The van der Waals surface area contributed by atoms with E-state index in [2.05, 4.69) is 15.1 Å². The highest BCUT2D eigenvalue weighted by atomic mass is 16.5. The molecule has 0 spiro atoms. The third kappa shape index (κ3) is 6.02. The number of amides is 1. The first-order valence-corrected chi connectivity index (χ1v) is 11.7. The van der Waals surface area contributed by atoms with Crippen molar-refractivity contribution in [2.75, 3.05) is 39.8 Å². The van der Waals surface area contributed by atoms with Crippen LogP contribution in [0.25, 0.3) is 0 Å². The van der Waals surface area contributed by atoms with Gasteiger partial charge in [-0.1, -0.05) is 30.3 Å². The van der Waals surface area contributed by atoms with E-state index in [9.17, 15) is 9.90 Å². The van der Waals surface area contributed by atoms with Crippen LogP contribution < -0.4 is 10.1 Å². The number of hydrogen-bond donors (Lipinski definition) is 2. The topological polar surface area (TPSA) is 65.0 Å². The summed E-state index contributed by atoms with van der Waals surface area (Å²) in [5.41, 5.74) is 2.16. The van der Waals surface area contributed by atoms with Crippen LogP contribution >= 0.6 is 0 Å². The second-order valence-electron chi connectivity index (χ2n) is 9.20. The Morgan fingerprint density at radius 2 is 1.81 bits per heavy atom. The monoisotopic (exact) mass is 437 g/mol. The van der Waals surface area contributed by atoms with E-state index in [-0.39, 0.29) is 17.6 Å². The van der Waals surface area contributed by atoms with Gasteiger partial charge in [0.25, 0.3) is 0 Å². The van der Waals surface area contributed by atoms with Crippen molar-refractivity contribution >= 4 is 5.91 Å². The zero-order valence-electron chi connectivity index (χ0n) is 19.0. The number of ether oxygens (including phenoxy) is 1. The molecule has 32 heavy (non-hydrogen) atoms. The zero-order valence-corrected chi connectivity index (χ0v) is 19.0. The number of phenolic OH excluding ortho intramolecular Hbond substituents is 1. The zero-order chi connectivity index (χ0) is 22.3. The first kappa shape index (κ1) is 22.6. The molecule has 0 bridgehead atoms. The van der Waals surface area contributed by atoms with Crippen LogP contribution in [-0.4, -0.2) is 60.6 Å². The Balaban J connectivity index is 1.41. The predicted octanol–water partition coefficient (Wildman–Crippen LogP) is 3.25. The first-order chi connectivity index (χ1) is 15.6. The molecule has 172 valence electrons. The summed E-state index contributed by atoms with van der Waals surface area (Å²) in [4.78, 5) is 18.1. The molecule has 6 heteroatoms. The molecule has 2 fully saturated rings. The van der Waals surface area contributed by atoms with Gasteiger partial charge in [0.1, 0.15) is 11.5 Å². The second kappa shape index (κ2) is 10.8. The fourth-order valence-corrected chi connectivity index (χ4v) is 5.12. The summed E-state index contributed by atoms with van der Waals surface area (Å²) in [5.74, 6) is 1.67. The number of piperidine rings is 1. The number of para-hydroxylation sites is 1. The maximum Gasteiger partial charge on any atom is 0.224 e. The van der Waals surface area contributed by atoms with Gasteiger partial charge in [-0.15, -0.1) is 0 Å². The summed E-state index contributed by atoms with van der Waals surface area (Å²) in [6.45, 7) is 6.48. The smallest absolute Gasteiger partial charge is 0.224 e. The van der Waals surface area contributed by atoms with Crippen molar-refractivity contribution < 1.29 is 14.6 Å². The molecule has 0 unspecified atom stereocenters. The molecule has 2 aromatic carbocycles. The number of nitrogens with zero attached hydrogens (tertiary/aromatic N) is 2. The highest BCUT2D eigenvalue weighted by molar-refractivity contribution is 5.79. The molecular weight excluding hydrogens is 402 g/mol. The average Bonchev–Trinajstić information content (AvgIpc) is 3.32. The Kier molecular flexibility index (Phi) is 7.66. The van der Waals surface area contributed by atoms with Crippen LogP contribution in [0, 0.1) is 11.8 Å². The number of rotatable bonds is 8. The van der Waals surface area contributed by atoms with Crippen LogP contribution in [0.15, 0.2) is 48.5 Å². The van der Waals surface area contributed by atoms with Gasteiger partial charge in [0.2, 0.25) is 5.91 Å². The largest absolute Gasteiger partial charge is 0.508 e. The lowest BCUT2D eigenvalue weighted by Crippen LogP contribution is -2.48. The van der Waals surface area contributed by atoms with Crippen molar-refractivity contribution in [3.63, 3.8) is 0 Å². The van der Waals surface area contributed by atoms with Crippen molar-refractivity contribution in [1.82, 2.24) is 15.1 Å². The minimum atomic E-state index is -0.0248. The molecule has 2 aliphatic heterocycles. The van der Waals surface area contributed by atoms with Crippen molar-refractivity contribution in [2.45, 2.75) is 32.4 Å². The Hall–Kier alpha value is -2.57. The molecule has 4 rings (SSSR count). The number of methoxy groups -OCH3 is 1. The lowest BCUT2D eigenvalue weighted by molar-refractivity contribution is -0.127. The summed E-state index contributed by atoms with van der Waals surface area (Å²) < 4.78 is 5.42. The lowest BCUT2D eigenvalue weighted by atomic mass is 9.87. The third-order valence-corrected chi connectivity index (χ3v) is 6.69. The van der Waals surface area contributed by atoms with Gasteiger partial charge in [0.05, 0.1) is 13.0 Å². The normalized spacial score (nSPS) is 22.0.